The number of ether oxygens (including phenoxy) is 3. The Bertz CT molecular complexity index is 1160. The third-order valence-corrected chi connectivity index (χ3v) is 13.6. The highest BCUT2D eigenvalue weighted by Gasteiger charge is 2.19. The van der Waals surface area contributed by atoms with E-state index in [9.17, 15) is 14.4 Å². The lowest BCUT2D eigenvalue weighted by atomic mass is 10.0. The highest BCUT2D eigenvalue weighted by molar-refractivity contribution is 5.71. The van der Waals surface area contributed by atoms with E-state index < -0.39 is 6.10 Å². The molecular weight excluding hydrogens is 853 g/mol. The van der Waals surface area contributed by atoms with Crippen molar-refractivity contribution in [1.29, 1.82) is 0 Å². The second-order valence-corrected chi connectivity index (χ2v) is 20.6. The summed E-state index contributed by atoms with van der Waals surface area (Å²) in [6.07, 6.45) is 70.0. The molecule has 0 spiro atoms. The number of esters is 3. The smallest absolute Gasteiger partial charge is 0.306 e. The molecule has 1 atom stereocenters. The number of hydrogen-bond donors (Lipinski definition) is 0. The van der Waals surface area contributed by atoms with E-state index in [-0.39, 0.29) is 31.1 Å². The second kappa shape index (κ2) is 58.2. The minimum atomic E-state index is -0.777. The van der Waals surface area contributed by atoms with E-state index in [4.69, 9.17) is 14.2 Å². The van der Waals surface area contributed by atoms with E-state index >= 15 is 0 Å². The molecule has 0 radical (unpaired) electrons. The molecule has 0 aliphatic rings. The number of carbonyl (C=O) groups excluding carboxylic acids is 3. The fourth-order valence-electron chi connectivity index (χ4n) is 9.00. The van der Waals surface area contributed by atoms with Crippen LogP contribution in [-0.2, 0) is 28.6 Å². The van der Waals surface area contributed by atoms with Crippen molar-refractivity contribution in [3.05, 3.63) is 36.5 Å². The molecule has 0 rings (SSSR count). The second-order valence-electron chi connectivity index (χ2n) is 20.6. The van der Waals surface area contributed by atoms with Gasteiger partial charge >= 0.3 is 17.9 Å². The van der Waals surface area contributed by atoms with Crippen molar-refractivity contribution in [2.24, 2.45) is 0 Å². The average molecular weight is 970 g/mol. The molecule has 69 heavy (non-hydrogen) atoms. The van der Waals surface area contributed by atoms with Gasteiger partial charge in [0.2, 0.25) is 0 Å². The molecule has 0 aliphatic heterocycles. The quantitative estimate of drug-likeness (QED) is 0.0261. The van der Waals surface area contributed by atoms with Gasteiger partial charge in [-0.2, -0.15) is 0 Å². The van der Waals surface area contributed by atoms with Crippen LogP contribution in [-0.4, -0.2) is 37.2 Å². The number of carbonyl (C=O) groups is 3. The predicted octanol–water partition coefficient (Wildman–Crippen LogP) is 20.4. The average Bonchev–Trinajstić information content (AvgIpc) is 3.35. The van der Waals surface area contributed by atoms with E-state index in [1.165, 1.54) is 205 Å². The van der Waals surface area contributed by atoms with Gasteiger partial charge in [0.15, 0.2) is 6.10 Å². The maximum absolute atomic E-state index is 12.8. The van der Waals surface area contributed by atoms with E-state index in [0.717, 1.165) is 83.5 Å². The number of allylic oxidation sites excluding steroid dienone is 6. The van der Waals surface area contributed by atoms with Gasteiger partial charge in [0.1, 0.15) is 13.2 Å². The van der Waals surface area contributed by atoms with Crippen LogP contribution in [0.1, 0.15) is 329 Å². The molecule has 404 valence electrons. The van der Waals surface area contributed by atoms with Gasteiger partial charge < -0.3 is 14.2 Å². The highest BCUT2D eigenvalue weighted by atomic mass is 16.6. The molecule has 0 aromatic heterocycles. The van der Waals surface area contributed by atoms with Crippen LogP contribution in [0.3, 0.4) is 0 Å². The SMILES string of the molecule is CCCCC/C=C\C/C=C\CCCCCCCC(=O)OC(COC(=O)CCCCCCCCCCCCC/C=C\CCCCCCCCCC)COC(=O)CCCCCCCCCCCCCCC. The maximum atomic E-state index is 12.8. The Kier molecular flexibility index (Phi) is 56.2. The summed E-state index contributed by atoms with van der Waals surface area (Å²) in [5.74, 6) is -0.870. The Morgan fingerprint density at radius 2 is 0.522 bits per heavy atom. The van der Waals surface area contributed by atoms with Crippen LogP contribution in [0.4, 0.5) is 0 Å². The van der Waals surface area contributed by atoms with E-state index in [1.54, 1.807) is 0 Å². The fraction of sp³-hybridized carbons (Fsp3) is 0.857. The maximum Gasteiger partial charge on any atom is 0.306 e. The van der Waals surface area contributed by atoms with Crippen LogP contribution in [0, 0.1) is 0 Å². The molecule has 0 saturated carbocycles. The predicted molar refractivity (Wildman–Crippen MR) is 298 cm³/mol. The lowest BCUT2D eigenvalue weighted by Gasteiger charge is -2.18. The summed E-state index contributed by atoms with van der Waals surface area (Å²) in [5.41, 5.74) is 0. The van der Waals surface area contributed by atoms with Crippen LogP contribution in [0.5, 0.6) is 0 Å². The van der Waals surface area contributed by atoms with Crippen molar-refractivity contribution in [3.8, 4) is 0 Å². The van der Waals surface area contributed by atoms with E-state index in [0.29, 0.717) is 19.3 Å². The monoisotopic (exact) mass is 969 g/mol. The van der Waals surface area contributed by atoms with Gasteiger partial charge in [0, 0.05) is 19.3 Å². The number of hydrogen-bond acceptors (Lipinski definition) is 6. The molecule has 1 unspecified atom stereocenters. The lowest BCUT2D eigenvalue weighted by Crippen LogP contribution is -2.30. The third-order valence-electron chi connectivity index (χ3n) is 13.6. The van der Waals surface area contributed by atoms with Crippen molar-refractivity contribution < 1.29 is 28.6 Å². The highest BCUT2D eigenvalue weighted by Crippen LogP contribution is 2.17. The van der Waals surface area contributed by atoms with Gasteiger partial charge in [0.05, 0.1) is 0 Å². The minimum absolute atomic E-state index is 0.0742. The van der Waals surface area contributed by atoms with Gasteiger partial charge in [-0.1, -0.05) is 269 Å². The van der Waals surface area contributed by atoms with Gasteiger partial charge in [-0.3, -0.25) is 14.4 Å². The van der Waals surface area contributed by atoms with Crippen LogP contribution in [0.25, 0.3) is 0 Å². The minimum Gasteiger partial charge on any atom is -0.462 e. The van der Waals surface area contributed by atoms with E-state index in [2.05, 4.69) is 57.2 Å². The molecule has 0 aromatic carbocycles. The topological polar surface area (TPSA) is 78.9 Å². The fourth-order valence-corrected chi connectivity index (χ4v) is 9.00. The van der Waals surface area contributed by atoms with Crippen LogP contribution in [0.2, 0.25) is 0 Å². The Morgan fingerprint density at radius 3 is 0.841 bits per heavy atom. The molecule has 0 bridgehead atoms. The van der Waals surface area contributed by atoms with Crippen molar-refractivity contribution in [2.75, 3.05) is 13.2 Å². The summed E-state index contributed by atoms with van der Waals surface area (Å²) < 4.78 is 16.9. The summed E-state index contributed by atoms with van der Waals surface area (Å²) in [7, 11) is 0. The first kappa shape index (κ1) is 66.6. The normalized spacial score (nSPS) is 12.2. The van der Waals surface area contributed by atoms with Gasteiger partial charge in [-0.05, 0) is 77.0 Å². The van der Waals surface area contributed by atoms with Gasteiger partial charge in [-0.15, -0.1) is 0 Å². The zero-order valence-electron chi connectivity index (χ0n) is 46.3. The Hall–Kier alpha value is -2.37. The first-order valence-corrected chi connectivity index (χ1v) is 30.5. The van der Waals surface area contributed by atoms with Crippen LogP contribution < -0.4 is 0 Å². The van der Waals surface area contributed by atoms with Crippen LogP contribution >= 0.6 is 0 Å². The molecule has 0 N–H and O–H groups in total. The molecule has 0 heterocycles. The Labute approximate surface area is 429 Å². The molecule has 6 nitrogen and oxygen atoms in total. The van der Waals surface area contributed by atoms with Crippen molar-refractivity contribution in [3.63, 3.8) is 0 Å². The molecular formula is C63H116O6. The van der Waals surface area contributed by atoms with Crippen molar-refractivity contribution in [1.82, 2.24) is 0 Å². The number of rotatable bonds is 56. The molecule has 6 heteroatoms. The Balaban J connectivity index is 4.27. The standard InChI is InChI=1S/C63H116O6/c1-4-7-10-13-16-19-22-25-27-28-29-30-31-32-33-34-36-38-41-44-47-50-53-56-62(65)68-59-60(58-67-61(64)55-52-49-46-43-40-37-24-21-18-15-12-9-6-3)69-63(66)57-54-51-48-45-42-39-35-26-23-20-17-14-11-8-5-2/h17,20,26,28-29,35,60H,4-16,18-19,21-25,27,30-34,36-59H2,1-3H3/b20-17-,29-28-,35-26-. The molecule has 0 amide bonds. The summed E-state index contributed by atoms with van der Waals surface area (Å²) in [5, 5.41) is 0. The summed E-state index contributed by atoms with van der Waals surface area (Å²) in [6.45, 7) is 6.64. The summed E-state index contributed by atoms with van der Waals surface area (Å²) >= 11 is 0. The largest absolute Gasteiger partial charge is 0.462 e. The van der Waals surface area contributed by atoms with Crippen molar-refractivity contribution >= 4 is 17.9 Å². The first-order chi connectivity index (χ1) is 34.0. The third kappa shape index (κ3) is 56.4. The first-order valence-electron chi connectivity index (χ1n) is 30.5. The van der Waals surface area contributed by atoms with E-state index in [1.807, 2.05) is 0 Å². The molecule has 0 aliphatic carbocycles. The zero-order chi connectivity index (χ0) is 50.0. The molecule has 0 saturated heterocycles. The number of unbranched alkanes of at least 4 members (excludes halogenated alkanes) is 39. The van der Waals surface area contributed by atoms with Gasteiger partial charge in [-0.25, -0.2) is 0 Å². The summed E-state index contributed by atoms with van der Waals surface area (Å²) in [4.78, 5) is 38.2. The van der Waals surface area contributed by atoms with Gasteiger partial charge in [0.25, 0.3) is 0 Å². The Morgan fingerprint density at radius 1 is 0.290 bits per heavy atom. The summed E-state index contributed by atoms with van der Waals surface area (Å²) in [6, 6.07) is 0. The molecule has 0 aromatic rings. The van der Waals surface area contributed by atoms with Crippen LogP contribution in [0.15, 0.2) is 36.5 Å². The molecule has 0 fully saturated rings. The lowest BCUT2D eigenvalue weighted by molar-refractivity contribution is -0.167. The van der Waals surface area contributed by atoms with Crippen molar-refractivity contribution in [2.45, 2.75) is 335 Å². The zero-order valence-corrected chi connectivity index (χ0v) is 46.3.